The topological polar surface area (TPSA) is 41.6 Å². The molecule has 0 aromatic heterocycles. The van der Waals surface area contributed by atoms with Crippen molar-refractivity contribution in [1.29, 1.82) is 0 Å². The lowest BCUT2D eigenvalue weighted by Gasteiger charge is -2.23. The van der Waals surface area contributed by atoms with Gasteiger partial charge in [0.2, 0.25) is 5.91 Å². The van der Waals surface area contributed by atoms with Crippen molar-refractivity contribution in [1.82, 2.24) is 10.4 Å². The third-order valence-corrected chi connectivity index (χ3v) is 1.94. The lowest BCUT2D eigenvalue weighted by Crippen LogP contribution is -2.45. The molecule has 0 heterocycles. The van der Waals surface area contributed by atoms with E-state index in [1.165, 1.54) is 11.8 Å². The molecule has 0 saturated carbocycles. The summed E-state index contributed by atoms with van der Waals surface area (Å²) in [6.07, 6.45) is -4.40. The maximum atomic E-state index is 11.7. The summed E-state index contributed by atoms with van der Waals surface area (Å²) in [4.78, 5) is 17.3. The molecule has 7 heteroatoms. The van der Waals surface area contributed by atoms with Crippen LogP contribution in [0.4, 0.5) is 13.2 Å². The van der Waals surface area contributed by atoms with Crippen molar-refractivity contribution in [2.75, 3.05) is 19.7 Å². The number of halogens is 3. The molecule has 4 nitrogen and oxygen atoms in total. The number of amides is 1. The first-order valence-electron chi connectivity index (χ1n) is 5.04. The Labute approximate surface area is 92.7 Å². The number of carbonyl (C=O) groups excluding carboxylic acids is 1. The van der Waals surface area contributed by atoms with Crippen LogP contribution in [0.15, 0.2) is 0 Å². The van der Waals surface area contributed by atoms with E-state index in [2.05, 4.69) is 10.3 Å². The third kappa shape index (κ3) is 5.92. The number of hydrogen-bond donors (Lipinski definition) is 1. The van der Waals surface area contributed by atoms with Crippen molar-refractivity contribution in [3.63, 3.8) is 0 Å². The Morgan fingerprint density at radius 2 is 1.88 bits per heavy atom. The van der Waals surface area contributed by atoms with Gasteiger partial charge in [-0.15, -0.1) is 0 Å². The molecule has 0 aromatic rings. The van der Waals surface area contributed by atoms with E-state index in [1.807, 2.05) is 0 Å². The van der Waals surface area contributed by atoms with Crippen LogP contribution in [0.5, 0.6) is 0 Å². The van der Waals surface area contributed by atoms with Gasteiger partial charge in [0.05, 0.1) is 0 Å². The highest BCUT2D eigenvalue weighted by atomic mass is 19.4. The van der Waals surface area contributed by atoms with E-state index < -0.39 is 18.8 Å². The van der Waals surface area contributed by atoms with Gasteiger partial charge >= 0.3 is 6.18 Å². The number of hydrogen-bond acceptors (Lipinski definition) is 3. The van der Waals surface area contributed by atoms with Crippen molar-refractivity contribution in [3.8, 4) is 0 Å². The van der Waals surface area contributed by atoms with Gasteiger partial charge in [0.25, 0.3) is 0 Å². The second-order valence-corrected chi connectivity index (χ2v) is 3.25. The van der Waals surface area contributed by atoms with Gasteiger partial charge in [0.15, 0.2) is 6.61 Å². The summed E-state index contributed by atoms with van der Waals surface area (Å²) in [6.45, 7) is 4.66. The summed E-state index contributed by atoms with van der Waals surface area (Å²) in [5.74, 6) is -0.285. The molecule has 96 valence electrons. The number of alkyl halides is 3. The Bertz CT molecular complexity index is 217. The molecule has 1 atom stereocenters. The van der Waals surface area contributed by atoms with Gasteiger partial charge in [0, 0.05) is 13.1 Å². The molecule has 0 saturated heterocycles. The maximum absolute atomic E-state index is 11.7. The van der Waals surface area contributed by atoms with Gasteiger partial charge in [-0.2, -0.15) is 18.7 Å². The van der Waals surface area contributed by atoms with Gasteiger partial charge in [-0.3, -0.25) is 9.63 Å². The largest absolute Gasteiger partial charge is 0.413 e. The number of likely N-dealkylation sites (N-methyl/N-ethyl adjacent to an activating group) is 1. The second-order valence-electron chi connectivity index (χ2n) is 3.25. The summed E-state index contributed by atoms with van der Waals surface area (Å²) >= 11 is 0. The SMILES string of the molecule is CCN(CC)C(=O)C(C)NOCC(F)(F)F. The van der Waals surface area contributed by atoms with Crippen LogP contribution in [0, 0.1) is 0 Å². The maximum Gasteiger partial charge on any atom is 0.413 e. The summed E-state index contributed by atoms with van der Waals surface area (Å²) in [7, 11) is 0. The van der Waals surface area contributed by atoms with Gasteiger partial charge in [0.1, 0.15) is 6.04 Å². The third-order valence-electron chi connectivity index (χ3n) is 1.94. The molecule has 0 aliphatic rings. The van der Waals surface area contributed by atoms with Crippen molar-refractivity contribution in [2.24, 2.45) is 0 Å². The van der Waals surface area contributed by atoms with Crippen LogP contribution in [0.3, 0.4) is 0 Å². The van der Waals surface area contributed by atoms with E-state index in [1.54, 1.807) is 13.8 Å². The van der Waals surface area contributed by atoms with E-state index in [9.17, 15) is 18.0 Å². The van der Waals surface area contributed by atoms with Crippen molar-refractivity contribution in [2.45, 2.75) is 33.0 Å². The van der Waals surface area contributed by atoms with Crippen LogP contribution in [0.2, 0.25) is 0 Å². The lowest BCUT2D eigenvalue weighted by molar-refractivity contribution is -0.194. The predicted octanol–water partition coefficient (Wildman–Crippen LogP) is 1.33. The number of hydroxylamine groups is 1. The van der Waals surface area contributed by atoms with E-state index in [4.69, 9.17) is 0 Å². The van der Waals surface area contributed by atoms with Crippen LogP contribution >= 0.6 is 0 Å². The van der Waals surface area contributed by atoms with Crippen molar-refractivity contribution >= 4 is 5.91 Å². The fourth-order valence-corrected chi connectivity index (χ4v) is 1.11. The Morgan fingerprint density at radius 1 is 1.38 bits per heavy atom. The molecule has 0 rings (SSSR count). The lowest BCUT2D eigenvalue weighted by atomic mass is 10.3. The molecule has 0 fully saturated rings. The highest BCUT2D eigenvalue weighted by molar-refractivity contribution is 5.81. The fourth-order valence-electron chi connectivity index (χ4n) is 1.11. The molecule has 1 unspecified atom stereocenters. The van der Waals surface area contributed by atoms with Crippen LogP contribution in [-0.2, 0) is 9.63 Å². The molecule has 0 aliphatic heterocycles. The molecule has 0 aliphatic carbocycles. The molecule has 0 bridgehead atoms. The first kappa shape index (κ1) is 15.2. The monoisotopic (exact) mass is 242 g/mol. The van der Waals surface area contributed by atoms with Crippen LogP contribution in [-0.4, -0.2) is 42.7 Å². The van der Waals surface area contributed by atoms with Crippen LogP contribution in [0.25, 0.3) is 0 Å². The molecular formula is C9H17F3N2O2. The van der Waals surface area contributed by atoms with E-state index >= 15 is 0 Å². The first-order valence-corrected chi connectivity index (χ1v) is 5.04. The second kappa shape index (κ2) is 6.70. The van der Waals surface area contributed by atoms with Crippen molar-refractivity contribution < 1.29 is 22.8 Å². The Kier molecular flexibility index (Phi) is 6.35. The molecule has 0 aromatic carbocycles. The molecule has 1 N–H and O–H groups in total. The number of nitrogens with zero attached hydrogens (tertiary/aromatic N) is 1. The normalized spacial score (nSPS) is 13.6. The molecule has 1 amide bonds. The zero-order chi connectivity index (χ0) is 12.8. The van der Waals surface area contributed by atoms with Crippen molar-refractivity contribution in [3.05, 3.63) is 0 Å². The molecule has 0 spiro atoms. The zero-order valence-corrected chi connectivity index (χ0v) is 9.60. The van der Waals surface area contributed by atoms with Gasteiger partial charge in [-0.05, 0) is 20.8 Å². The zero-order valence-electron chi connectivity index (χ0n) is 9.60. The average Bonchev–Trinajstić information content (AvgIpc) is 2.17. The Morgan fingerprint density at radius 3 is 2.25 bits per heavy atom. The minimum absolute atomic E-state index is 0.285. The highest BCUT2D eigenvalue weighted by Crippen LogP contribution is 2.13. The fraction of sp³-hybridized carbons (Fsp3) is 0.889. The summed E-state index contributed by atoms with van der Waals surface area (Å²) in [5, 5.41) is 0. The summed E-state index contributed by atoms with van der Waals surface area (Å²) in [6, 6.07) is -0.790. The number of nitrogens with one attached hydrogen (secondary N) is 1. The quantitative estimate of drug-likeness (QED) is 0.714. The first-order chi connectivity index (χ1) is 7.31. The van der Waals surface area contributed by atoms with Gasteiger partial charge < -0.3 is 4.90 Å². The Balaban J connectivity index is 3.97. The van der Waals surface area contributed by atoms with E-state index in [0.717, 1.165) is 0 Å². The summed E-state index contributed by atoms with van der Waals surface area (Å²) in [5.41, 5.74) is 2.08. The smallest absolute Gasteiger partial charge is 0.342 e. The highest BCUT2D eigenvalue weighted by Gasteiger charge is 2.28. The van der Waals surface area contributed by atoms with Crippen LogP contribution < -0.4 is 5.48 Å². The van der Waals surface area contributed by atoms with E-state index in [-0.39, 0.29) is 5.91 Å². The summed E-state index contributed by atoms with van der Waals surface area (Å²) < 4.78 is 35.2. The average molecular weight is 242 g/mol. The predicted molar refractivity (Wildman–Crippen MR) is 52.5 cm³/mol. The number of rotatable bonds is 6. The van der Waals surface area contributed by atoms with E-state index in [0.29, 0.717) is 13.1 Å². The molecular weight excluding hydrogens is 225 g/mol. The minimum atomic E-state index is -4.40. The van der Waals surface area contributed by atoms with Gasteiger partial charge in [-0.25, -0.2) is 0 Å². The molecule has 16 heavy (non-hydrogen) atoms. The van der Waals surface area contributed by atoms with Crippen LogP contribution in [0.1, 0.15) is 20.8 Å². The Hall–Kier alpha value is -0.820. The standard InChI is InChI=1S/C9H17F3N2O2/c1-4-14(5-2)8(15)7(3)13-16-6-9(10,11)12/h7,13H,4-6H2,1-3H3. The molecule has 0 radical (unpaired) electrons. The minimum Gasteiger partial charge on any atom is -0.342 e. The van der Waals surface area contributed by atoms with Gasteiger partial charge in [-0.1, -0.05) is 0 Å². The number of carbonyl (C=O) groups is 1.